The molecule has 48 heavy (non-hydrogen) atoms. The lowest BCUT2D eigenvalue weighted by atomic mass is 10.1. The molecule has 0 N–H and O–H groups in total. The van der Waals surface area contributed by atoms with Gasteiger partial charge < -0.3 is 14.2 Å². The Morgan fingerprint density at radius 2 is 0.854 bits per heavy atom. The summed E-state index contributed by atoms with van der Waals surface area (Å²) >= 11 is 0. The molecule has 0 aromatic heterocycles. The van der Waals surface area contributed by atoms with Crippen LogP contribution in [0.2, 0.25) is 0 Å². The molecule has 9 nitrogen and oxygen atoms in total. The molecular weight excluding hydrogens is 604 g/mol. The molecular formula is C39H48N4O5. The molecule has 3 aromatic carbocycles. The minimum atomic E-state index is -0.330. The van der Waals surface area contributed by atoms with Gasteiger partial charge in [0.25, 0.3) is 0 Å². The molecule has 0 aliphatic heterocycles. The van der Waals surface area contributed by atoms with E-state index in [0.29, 0.717) is 48.8 Å². The number of unbranched alkanes of at least 4 members (excludes halogenated alkanes) is 7. The van der Waals surface area contributed by atoms with Gasteiger partial charge in [-0.2, -0.15) is 20.5 Å². The van der Waals surface area contributed by atoms with E-state index < -0.39 is 0 Å². The first-order valence-electron chi connectivity index (χ1n) is 16.7. The summed E-state index contributed by atoms with van der Waals surface area (Å²) in [7, 11) is 0. The van der Waals surface area contributed by atoms with Crippen LogP contribution in [-0.2, 0) is 14.3 Å². The molecule has 0 spiro atoms. The molecule has 0 radical (unpaired) electrons. The molecule has 0 fully saturated rings. The molecule has 0 atom stereocenters. The van der Waals surface area contributed by atoms with Crippen molar-refractivity contribution in [1.82, 2.24) is 0 Å². The molecule has 0 bridgehead atoms. The van der Waals surface area contributed by atoms with Crippen LogP contribution in [0.1, 0.15) is 78.1 Å². The topological polar surface area (TPSA) is 111 Å². The molecule has 0 amide bonds. The van der Waals surface area contributed by atoms with Crippen molar-refractivity contribution in [3.8, 4) is 11.5 Å². The van der Waals surface area contributed by atoms with E-state index in [-0.39, 0.29) is 11.8 Å². The average molecular weight is 653 g/mol. The first kappa shape index (κ1) is 37.5. The third kappa shape index (κ3) is 15.6. The van der Waals surface area contributed by atoms with Crippen molar-refractivity contribution in [2.45, 2.75) is 78.1 Å². The van der Waals surface area contributed by atoms with Crippen LogP contribution < -0.4 is 9.47 Å². The molecule has 9 heteroatoms. The van der Waals surface area contributed by atoms with E-state index in [0.717, 1.165) is 80.7 Å². The highest BCUT2D eigenvalue weighted by atomic mass is 16.5. The zero-order chi connectivity index (χ0) is 34.4. The quantitative estimate of drug-likeness (QED) is 0.0438. The summed E-state index contributed by atoms with van der Waals surface area (Å²) < 4.78 is 16.7. The molecule has 0 saturated carbocycles. The second-order valence-corrected chi connectivity index (χ2v) is 11.7. The predicted octanol–water partition coefficient (Wildman–Crippen LogP) is 11.4. The number of benzene rings is 3. The molecule has 254 valence electrons. The number of azo groups is 2. The zero-order valence-corrected chi connectivity index (χ0v) is 28.4. The molecule has 0 aliphatic carbocycles. The zero-order valence-electron chi connectivity index (χ0n) is 28.4. The van der Waals surface area contributed by atoms with Gasteiger partial charge in [0, 0.05) is 12.0 Å². The number of carbonyl (C=O) groups is 2. The number of esters is 1. The summed E-state index contributed by atoms with van der Waals surface area (Å²) in [6, 6.07) is 22.4. The van der Waals surface area contributed by atoms with Gasteiger partial charge in [-0.15, -0.1) is 0 Å². The first-order chi connectivity index (χ1) is 23.3. The van der Waals surface area contributed by atoms with Crippen LogP contribution in [0.4, 0.5) is 22.7 Å². The van der Waals surface area contributed by atoms with Crippen molar-refractivity contribution < 1.29 is 23.8 Å². The van der Waals surface area contributed by atoms with Crippen LogP contribution in [0.15, 0.2) is 118 Å². The second kappa shape index (κ2) is 21.8. The standard InChI is InChI=1S/C39H48N4O5/c1-30(2)38(44)14-10-6-5-7-11-27-46-36-23-19-34(20-24-36)42-40-32-15-17-33(18-16-32)41-43-35-21-25-37(26-22-35)47-28-12-8-9-13-29-48-39(45)31(3)4/h15-26H,1,3,5-14,27-29H2,2,4H3. The van der Waals surface area contributed by atoms with Gasteiger partial charge in [-0.25, -0.2) is 4.79 Å². The van der Waals surface area contributed by atoms with Crippen LogP contribution in [0.25, 0.3) is 0 Å². The van der Waals surface area contributed by atoms with Crippen LogP contribution in [0.5, 0.6) is 11.5 Å². The third-order valence-electron chi connectivity index (χ3n) is 7.27. The predicted molar refractivity (Wildman–Crippen MR) is 190 cm³/mol. The summed E-state index contributed by atoms with van der Waals surface area (Å²) in [6.07, 6.45) is 9.49. The fourth-order valence-corrected chi connectivity index (χ4v) is 4.39. The molecule has 3 rings (SSSR count). The minimum absolute atomic E-state index is 0.169. The highest BCUT2D eigenvalue weighted by Gasteiger charge is 2.03. The lowest BCUT2D eigenvalue weighted by Crippen LogP contribution is -2.06. The number of carbonyl (C=O) groups excluding carboxylic acids is 2. The second-order valence-electron chi connectivity index (χ2n) is 11.7. The maximum Gasteiger partial charge on any atom is 0.333 e. The molecule has 0 heterocycles. The van der Waals surface area contributed by atoms with E-state index >= 15 is 0 Å². The van der Waals surface area contributed by atoms with Crippen molar-refractivity contribution >= 4 is 34.5 Å². The van der Waals surface area contributed by atoms with Gasteiger partial charge in [0.05, 0.1) is 42.6 Å². The Kier molecular flexibility index (Phi) is 17.0. The van der Waals surface area contributed by atoms with Crippen LogP contribution in [0, 0.1) is 0 Å². The summed E-state index contributed by atoms with van der Waals surface area (Å²) in [5.41, 5.74) is 3.97. The van der Waals surface area contributed by atoms with Gasteiger partial charge in [-0.05, 0) is 131 Å². The van der Waals surface area contributed by atoms with Gasteiger partial charge in [0.2, 0.25) is 0 Å². The molecule has 0 unspecified atom stereocenters. The third-order valence-corrected chi connectivity index (χ3v) is 7.27. The summed E-state index contributed by atoms with van der Waals surface area (Å²) in [6.45, 7) is 12.4. The monoisotopic (exact) mass is 652 g/mol. The average Bonchev–Trinajstić information content (AvgIpc) is 3.09. The Bertz CT molecular complexity index is 1380. The van der Waals surface area contributed by atoms with E-state index in [9.17, 15) is 9.59 Å². The Morgan fingerprint density at radius 1 is 0.500 bits per heavy atom. The molecule has 3 aromatic rings. The number of allylic oxidation sites excluding steroid dienone is 1. The number of ether oxygens (including phenoxy) is 3. The summed E-state index contributed by atoms with van der Waals surface area (Å²) in [5, 5.41) is 17.3. The van der Waals surface area contributed by atoms with Crippen molar-refractivity contribution in [1.29, 1.82) is 0 Å². The number of nitrogens with zero attached hydrogens (tertiary/aromatic N) is 4. The van der Waals surface area contributed by atoms with Gasteiger partial charge in [-0.3, -0.25) is 4.79 Å². The Labute approximate surface area is 284 Å². The maximum absolute atomic E-state index is 11.6. The van der Waals surface area contributed by atoms with E-state index in [2.05, 4.69) is 33.6 Å². The highest BCUT2D eigenvalue weighted by molar-refractivity contribution is 5.94. The summed E-state index contributed by atoms with van der Waals surface area (Å²) in [5.74, 6) is 1.43. The first-order valence-corrected chi connectivity index (χ1v) is 16.7. The van der Waals surface area contributed by atoms with Crippen molar-refractivity contribution in [3.05, 3.63) is 97.1 Å². The van der Waals surface area contributed by atoms with E-state index in [4.69, 9.17) is 14.2 Å². The number of Topliss-reactive ketones (excluding diaryl/α,β-unsaturated/α-hetero) is 1. The Hall–Kier alpha value is -4.92. The van der Waals surface area contributed by atoms with E-state index in [1.807, 2.05) is 72.8 Å². The Morgan fingerprint density at radius 3 is 1.25 bits per heavy atom. The minimum Gasteiger partial charge on any atom is -0.494 e. The van der Waals surface area contributed by atoms with Crippen LogP contribution in [0.3, 0.4) is 0 Å². The van der Waals surface area contributed by atoms with Crippen molar-refractivity contribution in [3.63, 3.8) is 0 Å². The SMILES string of the molecule is C=C(C)C(=O)CCCCCCCOc1ccc(N=Nc2ccc(N=Nc3ccc(OCCCCCCOC(=O)C(=C)C)cc3)cc2)cc1. The molecule has 0 saturated heterocycles. The van der Waals surface area contributed by atoms with Crippen molar-refractivity contribution in [2.75, 3.05) is 19.8 Å². The summed E-state index contributed by atoms with van der Waals surface area (Å²) in [4.78, 5) is 22.9. The lowest BCUT2D eigenvalue weighted by Gasteiger charge is -2.07. The molecule has 0 aliphatic rings. The van der Waals surface area contributed by atoms with Gasteiger partial charge in [0.1, 0.15) is 11.5 Å². The largest absolute Gasteiger partial charge is 0.494 e. The van der Waals surface area contributed by atoms with Gasteiger partial charge in [-0.1, -0.05) is 32.4 Å². The van der Waals surface area contributed by atoms with E-state index in [1.54, 1.807) is 13.8 Å². The fourth-order valence-electron chi connectivity index (χ4n) is 4.39. The maximum atomic E-state index is 11.6. The highest BCUT2D eigenvalue weighted by Crippen LogP contribution is 2.25. The van der Waals surface area contributed by atoms with Crippen LogP contribution >= 0.6 is 0 Å². The number of ketones is 1. The lowest BCUT2D eigenvalue weighted by molar-refractivity contribution is -0.139. The number of hydrogen-bond acceptors (Lipinski definition) is 9. The fraction of sp³-hybridized carbons (Fsp3) is 0.385. The number of rotatable bonds is 23. The van der Waals surface area contributed by atoms with Crippen LogP contribution in [-0.4, -0.2) is 31.6 Å². The Balaban J connectivity index is 1.29. The van der Waals surface area contributed by atoms with Gasteiger partial charge >= 0.3 is 5.97 Å². The van der Waals surface area contributed by atoms with Crippen molar-refractivity contribution in [2.24, 2.45) is 20.5 Å². The van der Waals surface area contributed by atoms with Gasteiger partial charge in [0.15, 0.2) is 5.78 Å². The number of hydrogen-bond donors (Lipinski definition) is 0. The normalized spacial score (nSPS) is 11.1. The smallest absolute Gasteiger partial charge is 0.333 e. The van der Waals surface area contributed by atoms with E-state index in [1.165, 1.54) is 0 Å².